The van der Waals surface area contributed by atoms with E-state index in [1.165, 1.54) is 30.0 Å². The number of anilines is 1. The van der Waals surface area contributed by atoms with E-state index in [1.807, 2.05) is 11.9 Å². The first kappa shape index (κ1) is 26.7. The van der Waals surface area contributed by atoms with Crippen molar-refractivity contribution in [2.24, 2.45) is 5.10 Å². The molecule has 1 aromatic heterocycles. The predicted octanol–water partition coefficient (Wildman–Crippen LogP) is 5.54. The Labute approximate surface area is 219 Å². The molecule has 0 atom stereocenters. The Morgan fingerprint density at radius 2 is 1.92 bits per heavy atom. The highest BCUT2D eigenvalue weighted by Gasteiger charge is 2.31. The van der Waals surface area contributed by atoms with Gasteiger partial charge in [0.2, 0.25) is 5.76 Å². The number of ether oxygens (including phenoxy) is 1. The molecule has 4 rings (SSSR count). The lowest BCUT2D eigenvalue weighted by atomic mass is 10.1. The Morgan fingerprint density at radius 1 is 1.19 bits per heavy atom. The minimum atomic E-state index is -4.74. The molecule has 3 aromatic rings. The molecule has 0 saturated carbocycles. The van der Waals surface area contributed by atoms with Crippen LogP contribution < -0.4 is 15.0 Å². The minimum Gasteiger partial charge on any atom is -0.406 e. The third-order valence-corrected chi connectivity index (χ3v) is 6.59. The lowest BCUT2D eigenvalue weighted by Gasteiger charge is -2.32. The average molecular weight is 534 g/mol. The Kier molecular flexibility index (Phi) is 8.52. The number of thiol groups is 1. The second kappa shape index (κ2) is 11.8. The van der Waals surface area contributed by atoms with Gasteiger partial charge in [0.05, 0.1) is 6.54 Å². The van der Waals surface area contributed by atoms with Crippen molar-refractivity contribution in [1.29, 1.82) is 0 Å². The predicted molar refractivity (Wildman–Crippen MR) is 141 cm³/mol. The van der Waals surface area contributed by atoms with E-state index in [2.05, 4.69) is 57.0 Å². The van der Waals surface area contributed by atoms with Crippen LogP contribution in [0.25, 0.3) is 11.3 Å². The second-order valence-corrected chi connectivity index (χ2v) is 9.45. The monoisotopic (exact) mass is 533 g/mol. The standard InChI is InChI=1S/C26H30F3N5O2S/c1-3-34(17-18-5-4-6-20(15-18)33-13-11-22(37)12-14-33)31-25(30-2)24-16-23(32-36-24)19-7-9-21(10-8-19)35-26(27,28)29/h4-10,15-16,22,37H,3,11-14,17H2,1-2H3,(H,30,31). The van der Waals surface area contributed by atoms with Gasteiger partial charge in [-0.3, -0.25) is 5.01 Å². The first-order chi connectivity index (χ1) is 17.7. The molecule has 7 nitrogen and oxygen atoms in total. The summed E-state index contributed by atoms with van der Waals surface area (Å²) in [7, 11) is 1.74. The highest BCUT2D eigenvalue weighted by molar-refractivity contribution is 7.80. The number of hydrazone groups is 1. The van der Waals surface area contributed by atoms with Gasteiger partial charge in [-0.2, -0.15) is 17.7 Å². The normalized spacial score (nSPS) is 15.1. The van der Waals surface area contributed by atoms with E-state index in [1.54, 1.807) is 13.1 Å². The summed E-state index contributed by atoms with van der Waals surface area (Å²) in [6, 6.07) is 15.6. The van der Waals surface area contributed by atoms with Crippen LogP contribution >= 0.6 is 12.6 Å². The number of amidine groups is 1. The summed E-state index contributed by atoms with van der Waals surface area (Å²) in [4.78, 5) is 2.40. The zero-order valence-electron chi connectivity index (χ0n) is 20.7. The van der Waals surface area contributed by atoms with Gasteiger partial charge in [-0.05, 0) is 61.7 Å². The number of nitrogens with one attached hydrogen (secondary N) is 1. The first-order valence-corrected chi connectivity index (χ1v) is 12.6. The number of aromatic nitrogens is 1. The number of alkyl halides is 3. The molecular weight excluding hydrogens is 503 g/mol. The van der Waals surface area contributed by atoms with Gasteiger partial charge in [-0.1, -0.05) is 17.3 Å². The van der Waals surface area contributed by atoms with Crippen LogP contribution in [0.3, 0.4) is 0 Å². The third kappa shape index (κ3) is 7.34. The highest BCUT2D eigenvalue weighted by Crippen LogP contribution is 2.27. The molecule has 0 bridgehead atoms. The van der Waals surface area contributed by atoms with Crippen molar-refractivity contribution in [1.82, 2.24) is 15.5 Å². The van der Waals surface area contributed by atoms with Crippen molar-refractivity contribution in [3.05, 3.63) is 65.9 Å². The molecular formula is C26H30F3N5O2S. The molecule has 2 aromatic carbocycles. The zero-order chi connectivity index (χ0) is 26.4. The number of hydrogen-bond acceptors (Lipinski definition) is 7. The van der Waals surface area contributed by atoms with Crippen LogP contribution in [0.2, 0.25) is 0 Å². The molecule has 1 N–H and O–H groups in total. The molecule has 1 aliphatic heterocycles. The summed E-state index contributed by atoms with van der Waals surface area (Å²) in [5.41, 5.74) is 3.41. The molecule has 0 amide bonds. The van der Waals surface area contributed by atoms with Gasteiger partial charge >= 0.3 is 6.36 Å². The average Bonchev–Trinajstić information content (AvgIpc) is 3.37. The fraction of sp³-hybridized carbons (Fsp3) is 0.385. The molecule has 1 aliphatic rings. The quantitative estimate of drug-likeness (QED) is 0.172. The van der Waals surface area contributed by atoms with Crippen LogP contribution in [-0.2, 0) is 6.54 Å². The maximum absolute atomic E-state index is 12.4. The van der Waals surface area contributed by atoms with Crippen molar-refractivity contribution in [2.45, 2.75) is 37.9 Å². The van der Waals surface area contributed by atoms with Crippen molar-refractivity contribution in [2.75, 3.05) is 31.6 Å². The van der Waals surface area contributed by atoms with E-state index in [-0.39, 0.29) is 5.75 Å². The molecule has 0 unspecified atom stereocenters. The second-order valence-electron chi connectivity index (χ2n) is 8.72. The largest absolute Gasteiger partial charge is 0.573 e. The topological polar surface area (TPSA) is 66.1 Å². The van der Waals surface area contributed by atoms with E-state index in [4.69, 9.17) is 9.62 Å². The van der Waals surface area contributed by atoms with Crippen molar-refractivity contribution in [3.63, 3.8) is 0 Å². The van der Waals surface area contributed by atoms with Gasteiger partial charge in [0.15, 0.2) is 5.84 Å². The van der Waals surface area contributed by atoms with Crippen LogP contribution in [0.1, 0.15) is 31.1 Å². The Morgan fingerprint density at radius 3 is 2.57 bits per heavy atom. The minimum absolute atomic E-state index is 0.300. The zero-order valence-corrected chi connectivity index (χ0v) is 21.6. The van der Waals surface area contributed by atoms with Gasteiger partial charge in [0.25, 0.3) is 0 Å². The third-order valence-electron chi connectivity index (χ3n) is 6.08. The van der Waals surface area contributed by atoms with E-state index in [9.17, 15) is 13.2 Å². The summed E-state index contributed by atoms with van der Waals surface area (Å²) >= 11 is 4.59. The summed E-state index contributed by atoms with van der Waals surface area (Å²) in [6.45, 7) is 5.31. The molecule has 198 valence electrons. The Balaban J connectivity index is 1.46. The van der Waals surface area contributed by atoms with Gasteiger partial charge in [0.1, 0.15) is 11.4 Å². The molecule has 1 saturated heterocycles. The lowest BCUT2D eigenvalue weighted by Crippen LogP contribution is -2.34. The summed E-state index contributed by atoms with van der Waals surface area (Å²) in [5, 5.41) is 14.2. The summed E-state index contributed by atoms with van der Waals surface area (Å²) in [6.07, 6.45) is -2.58. The van der Waals surface area contributed by atoms with Crippen molar-refractivity contribution >= 4 is 24.2 Å². The van der Waals surface area contributed by atoms with E-state index >= 15 is 0 Å². The van der Waals surface area contributed by atoms with Crippen LogP contribution in [0, 0.1) is 0 Å². The molecule has 11 heteroatoms. The molecule has 0 aliphatic carbocycles. The molecule has 37 heavy (non-hydrogen) atoms. The number of halogens is 3. The SMILES string of the molecule is CCN(Cc1cccc(N2CCC(S)CC2)c1)/N=C(\NC)c1cc(-c2ccc(OC(F)(F)F)cc2)no1. The van der Waals surface area contributed by atoms with Crippen LogP contribution in [0.4, 0.5) is 18.9 Å². The summed E-state index contributed by atoms with van der Waals surface area (Å²) in [5.74, 6) is 0.603. The number of nitrogens with zero attached hydrogens (tertiary/aromatic N) is 4. The van der Waals surface area contributed by atoms with E-state index in [0.717, 1.165) is 31.5 Å². The molecule has 0 spiro atoms. The number of rotatable bonds is 8. The van der Waals surface area contributed by atoms with Crippen LogP contribution in [-0.4, -0.2) is 54.3 Å². The van der Waals surface area contributed by atoms with E-state index in [0.29, 0.717) is 41.2 Å². The van der Waals surface area contributed by atoms with Crippen LogP contribution in [0.15, 0.2) is 64.2 Å². The lowest BCUT2D eigenvalue weighted by molar-refractivity contribution is -0.274. The number of piperidine rings is 1. The highest BCUT2D eigenvalue weighted by atomic mass is 32.1. The fourth-order valence-corrected chi connectivity index (χ4v) is 4.35. The van der Waals surface area contributed by atoms with Gasteiger partial charge in [-0.25, -0.2) is 0 Å². The first-order valence-electron chi connectivity index (χ1n) is 12.1. The molecule has 0 radical (unpaired) electrons. The van der Waals surface area contributed by atoms with Crippen molar-refractivity contribution in [3.8, 4) is 17.0 Å². The Bertz CT molecular complexity index is 1190. The number of hydrogen-bond donors (Lipinski definition) is 2. The van der Waals surface area contributed by atoms with E-state index < -0.39 is 6.36 Å². The fourth-order valence-electron chi connectivity index (χ4n) is 4.12. The van der Waals surface area contributed by atoms with Gasteiger partial charge in [0, 0.05) is 49.2 Å². The van der Waals surface area contributed by atoms with Crippen molar-refractivity contribution < 1.29 is 22.4 Å². The smallest absolute Gasteiger partial charge is 0.406 e. The Hall–Kier alpha value is -3.34. The molecule has 2 heterocycles. The van der Waals surface area contributed by atoms with Crippen LogP contribution in [0.5, 0.6) is 5.75 Å². The maximum Gasteiger partial charge on any atom is 0.573 e. The van der Waals surface area contributed by atoms with Gasteiger partial charge in [-0.15, -0.1) is 13.2 Å². The number of benzene rings is 2. The maximum atomic E-state index is 12.4. The molecule has 1 fully saturated rings. The van der Waals surface area contributed by atoms with Gasteiger partial charge < -0.3 is 19.5 Å². The summed E-state index contributed by atoms with van der Waals surface area (Å²) < 4.78 is 46.6.